The predicted molar refractivity (Wildman–Crippen MR) is 81.2 cm³/mol. The highest BCUT2D eigenvalue weighted by atomic mass is 35.5. The van der Waals surface area contributed by atoms with Crippen molar-refractivity contribution < 1.29 is 4.74 Å². The molecule has 0 aliphatic heterocycles. The molecule has 0 unspecified atom stereocenters. The number of para-hydroxylation sites is 1. The van der Waals surface area contributed by atoms with Crippen LogP contribution in [0, 0.1) is 6.92 Å². The van der Waals surface area contributed by atoms with E-state index in [-0.39, 0.29) is 0 Å². The fourth-order valence-electron chi connectivity index (χ4n) is 2.21. The van der Waals surface area contributed by atoms with E-state index in [0.717, 1.165) is 28.2 Å². The number of halogens is 1. The first kappa shape index (κ1) is 13.0. The van der Waals surface area contributed by atoms with Gasteiger partial charge in [-0.05, 0) is 36.8 Å². The van der Waals surface area contributed by atoms with Gasteiger partial charge in [-0.1, -0.05) is 29.8 Å². The SMILES string of the molecule is Cc1ccccc1OCc1nc2cc(Cl)ccc2n1C. The van der Waals surface area contributed by atoms with E-state index in [2.05, 4.69) is 4.98 Å². The van der Waals surface area contributed by atoms with Gasteiger partial charge in [-0.15, -0.1) is 0 Å². The third kappa shape index (κ3) is 2.37. The molecule has 0 saturated carbocycles. The van der Waals surface area contributed by atoms with Crippen molar-refractivity contribution in [1.29, 1.82) is 0 Å². The third-order valence-corrected chi connectivity index (χ3v) is 3.62. The largest absolute Gasteiger partial charge is 0.485 e. The minimum Gasteiger partial charge on any atom is -0.485 e. The second-order valence-corrected chi connectivity index (χ2v) is 5.21. The molecule has 3 rings (SSSR count). The fraction of sp³-hybridized carbons (Fsp3) is 0.188. The first-order chi connectivity index (χ1) is 9.65. The van der Waals surface area contributed by atoms with Crippen molar-refractivity contribution >= 4 is 22.6 Å². The monoisotopic (exact) mass is 286 g/mol. The van der Waals surface area contributed by atoms with Gasteiger partial charge in [0.2, 0.25) is 0 Å². The maximum Gasteiger partial charge on any atom is 0.147 e. The number of rotatable bonds is 3. The predicted octanol–water partition coefficient (Wildman–Crippen LogP) is 4.11. The number of imidazole rings is 1. The van der Waals surface area contributed by atoms with Crippen molar-refractivity contribution in [3.8, 4) is 5.75 Å². The molecule has 2 aromatic carbocycles. The number of aryl methyl sites for hydroxylation is 2. The van der Waals surface area contributed by atoms with Crippen LogP contribution in [-0.2, 0) is 13.7 Å². The average Bonchev–Trinajstić information content (AvgIpc) is 2.74. The van der Waals surface area contributed by atoms with E-state index in [9.17, 15) is 0 Å². The summed E-state index contributed by atoms with van der Waals surface area (Å²) in [6.07, 6.45) is 0. The molecule has 0 bridgehead atoms. The standard InChI is InChI=1S/C16H15ClN2O/c1-11-5-3-4-6-15(11)20-10-16-18-13-9-12(17)7-8-14(13)19(16)2/h3-9H,10H2,1-2H3. The number of benzene rings is 2. The third-order valence-electron chi connectivity index (χ3n) is 3.39. The molecule has 0 fully saturated rings. The summed E-state index contributed by atoms with van der Waals surface area (Å²) >= 11 is 5.99. The van der Waals surface area contributed by atoms with E-state index in [0.29, 0.717) is 11.6 Å². The summed E-state index contributed by atoms with van der Waals surface area (Å²) in [5.74, 6) is 1.77. The lowest BCUT2D eigenvalue weighted by atomic mass is 10.2. The summed E-state index contributed by atoms with van der Waals surface area (Å²) in [6, 6.07) is 13.7. The molecular formula is C16H15ClN2O. The van der Waals surface area contributed by atoms with E-state index in [1.54, 1.807) is 0 Å². The zero-order chi connectivity index (χ0) is 14.1. The topological polar surface area (TPSA) is 27.1 Å². The van der Waals surface area contributed by atoms with Crippen molar-refractivity contribution in [2.75, 3.05) is 0 Å². The minimum atomic E-state index is 0.438. The molecule has 0 atom stereocenters. The lowest BCUT2D eigenvalue weighted by molar-refractivity contribution is 0.290. The Labute approximate surface area is 122 Å². The molecule has 0 amide bonds. The van der Waals surface area contributed by atoms with Crippen LogP contribution in [0.2, 0.25) is 5.02 Å². The summed E-state index contributed by atoms with van der Waals surface area (Å²) in [6.45, 7) is 2.47. The molecule has 102 valence electrons. The Kier molecular flexibility index (Phi) is 3.36. The normalized spacial score (nSPS) is 10.9. The van der Waals surface area contributed by atoms with Gasteiger partial charge < -0.3 is 9.30 Å². The average molecular weight is 287 g/mol. The van der Waals surface area contributed by atoms with E-state index in [4.69, 9.17) is 16.3 Å². The van der Waals surface area contributed by atoms with Crippen LogP contribution in [0.15, 0.2) is 42.5 Å². The van der Waals surface area contributed by atoms with Crippen LogP contribution >= 0.6 is 11.6 Å². The van der Waals surface area contributed by atoms with Crippen LogP contribution in [-0.4, -0.2) is 9.55 Å². The van der Waals surface area contributed by atoms with Crippen LogP contribution in [0.1, 0.15) is 11.4 Å². The highest BCUT2D eigenvalue weighted by Gasteiger charge is 2.09. The zero-order valence-corrected chi connectivity index (χ0v) is 12.2. The maximum absolute atomic E-state index is 5.99. The molecule has 0 spiro atoms. The van der Waals surface area contributed by atoms with Gasteiger partial charge >= 0.3 is 0 Å². The number of hydrogen-bond donors (Lipinski definition) is 0. The number of fused-ring (bicyclic) bond motifs is 1. The van der Waals surface area contributed by atoms with Gasteiger partial charge in [0, 0.05) is 12.1 Å². The van der Waals surface area contributed by atoms with Crippen molar-refractivity contribution in [3.05, 3.63) is 58.9 Å². The molecule has 4 heteroatoms. The highest BCUT2D eigenvalue weighted by Crippen LogP contribution is 2.21. The fourth-order valence-corrected chi connectivity index (χ4v) is 2.38. The van der Waals surface area contributed by atoms with Gasteiger partial charge in [0.05, 0.1) is 11.0 Å². The molecule has 0 aliphatic rings. The second kappa shape index (κ2) is 5.17. The molecule has 0 radical (unpaired) electrons. The molecule has 1 heterocycles. The number of nitrogens with zero attached hydrogens (tertiary/aromatic N) is 2. The Hall–Kier alpha value is -2.00. The summed E-state index contributed by atoms with van der Waals surface area (Å²) < 4.78 is 7.88. The Morgan fingerprint density at radius 1 is 1.20 bits per heavy atom. The Bertz CT molecular complexity index is 764. The smallest absolute Gasteiger partial charge is 0.147 e. The number of aromatic nitrogens is 2. The summed E-state index contributed by atoms with van der Waals surface area (Å²) in [7, 11) is 1.99. The van der Waals surface area contributed by atoms with E-state index in [1.165, 1.54) is 0 Å². The van der Waals surface area contributed by atoms with Crippen molar-refractivity contribution in [3.63, 3.8) is 0 Å². The van der Waals surface area contributed by atoms with Gasteiger partial charge in [0.1, 0.15) is 18.2 Å². The van der Waals surface area contributed by atoms with Crippen LogP contribution in [0.4, 0.5) is 0 Å². The number of hydrogen-bond acceptors (Lipinski definition) is 2. The van der Waals surface area contributed by atoms with Gasteiger partial charge in [-0.2, -0.15) is 0 Å². The molecule has 0 aliphatic carbocycles. The summed E-state index contributed by atoms with van der Waals surface area (Å²) in [4.78, 5) is 4.57. The molecule has 3 aromatic rings. The van der Waals surface area contributed by atoms with Crippen molar-refractivity contribution in [1.82, 2.24) is 9.55 Å². The second-order valence-electron chi connectivity index (χ2n) is 4.77. The van der Waals surface area contributed by atoms with Gasteiger partial charge in [0.25, 0.3) is 0 Å². The highest BCUT2D eigenvalue weighted by molar-refractivity contribution is 6.31. The zero-order valence-electron chi connectivity index (χ0n) is 11.4. The lowest BCUT2D eigenvalue weighted by Gasteiger charge is -2.08. The molecule has 1 aromatic heterocycles. The number of ether oxygens (including phenoxy) is 1. The van der Waals surface area contributed by atoms with Gasteiger partial charge in [0.15, 0.2) is 0 Å². The Morgan fingerprint density at radius 2 is 2.00 bits per heavy atom. The van der Waals surface area contributed by atoms with Crippen LogP contribution in [0.3, 0.4) is 0 Å². The van der Waals surface area contributed by atoms with E-state index >= 15 is 0 Å². The minimum absolute atomic E-state index is 0.438. The van der Waals surface area contributed by atoms with Crippen LogP contribution in [0.25, 0.3) is 11.0 Å². The first-order valence-corrected chi connectivity index (χ1v) is 6.82. The molecule has 0 saturated heterocycles. The molecule has 0 N–H and O–H groups in total. The van der Waals surface area contributed by atoms with Gasteiger partial charge in [-0.25, -0.2) is 4.98 Å². The van der Waals surface area contributed by atoms with Gasteiger partial charge in [-0.3, -0.25) is 0 Å². The Morgan fingerprint density at radius 3 is 2.80 bits per heavy atom. The molecular weight excluding hydrogens is 272 g/mol. The lowest BCUT2D eigenvalue weighted by Crippen LogP contribution is -2.04. The first-order valence-electron chi connectivity index (χ1n) is 6.44. The van der Waals surface area contributed by atoms with E-state index < -0.39 is 0 Å². The Balaban J connectivity index is 1.88. The summed E-state index contributed by atoms with van der Waals surface area (Å²) in [5.41, 5.74) is 3.07. The van der Waals surface area contributed by atoms with E-state index in [1.807, 2.05) is 61.0 Å². The summed E-state index contributed by atoms with van der Waals surface area (Å²) in [5, 5.41) is 0.696. The maximum atomic E-state index is 5.99. The quantitative estimate of drug-likeness (QED) is 0.724. The van der Waals surface area contributed by atoms with Crippen LogP contribution < -0.4 is 4.74 Å². The molecule has 20 heavy (non-hydrogen) atoms. The van der Waals surface area contributed by atoms with Crippen LogP contribution in [0.5, 0.6) is 5.75 Å². The van der Waals surface area contributed by atoms with Crippen molar-refractivity contribution in [2.24, 2.45) is 7.05 Å². The van der Waals surface area contributed by atoms with Crippen molar-refractivity contribution in [2.45, 2.75) is 13.5 Å². The molecule has 3 nitrogen and oxygen atoms in total.